The zero-order valence-corrected chi connectivity index (χ0v) is 21.9. The Kier molecular flexibility index (Phi) is 5.59. The smallest absolute Gasteiger partial charge is 0.416 e. The molecule has 37 heavy (non-hydrogen) atoms. The highest BCUT2D eigenvalue weighted by Gasteiger charge is 2.56. The van der Waals surface area contributed by atoms with Gasteiger partial charge < -0.3 is 9.84 Å². The maximum atomic E-state index is 13.8. The summed E-state index contributed by atoms with van der Waals surface area (Å²) in [7, 11) is 1.54. The Labute approximate surface area is 214 Å². The molecule has 3 aromatic carbocycles. The Hall–Kier alpha value is -3.54. The van der Waals surface area contributed by atoms with Gasteiger partial charge in [0.15, 0.2) is 11.7 Å². The van der Waals surface area contributed by atoms with E-state index in [0.717, 1.165) is 44.8 Å². The fourth-order valence-electron chi connectivity index (χ4n) is 6.05. The van der Waals surface area contributed by atoms with Gasteiger partial charge in [0.2, 0.25) is 5.69 Å². The third-order valence-corrected chi connectivity index (χ3v) is 8.50. The average molecular weight is 507 g/mol. The van der Waals surface area contributed by atoms with Crippen LogP contribution in [0.25, 0.3) is 32.8 Å². The van der Waals surface area contributed by atoms with Crippen LogP contribution in [0.3, 0.4) is 0 Å². The molecular weight excluding hydrogens is 475 g/mol. The minimum absolute atomic E-state index is 0.213. The highest BCUT2D eigenvalue weighted by atomic mass is 19.4. The molecule has 0 saturated heterocycles. The normalized spacial score (nSPS) is 19.1. The van der Waals surface area contributed by atoms with Gasteiger partial charge in [-0.3, -0.25) is 0 Å². The second-order valence-electron chi connectivity index (χ2n) is 10.9. The minimum atomic E-state index is -4.43. The molecule has 1 aliphatic rings. The van der Waals surface area contributed by atoms with E-state index in [2.05, 4.69) is 43.5 Å². The summed E-state index contributed by atoms with van der Waals surface area (Å²) in [6.07, 6.45) is -1.03. The Morgan fingerprint density at radius 1 is 0.973 bits per heavy atom. The van der Waals surface area contributed by atoms with Gasteiger partial charge in [-0.2, -0.15) is 17.7 Å². The van der Waals surface area contributed by atoms with Gasteiger partial charge in [0.05, 0.1) is 35.5 Å². The van der Waals surface area contributed by atoms with Crippen molar-refractivity contribution in [2.45, 2.75) is 58.2 Å². The van der Waals surface area contributed by atoms with Crippen LogP contribution in [-0.4, -0.2) is 12.2 Å². The number of methoxy groups -OCH3 is 1. The summed E-state index contributed by atoms with van der Waals surface area (Å²) in [4.78, 5) is 0. The Morgan fingerprint density at radius 2 is 1.70 bits per heavy atom. The van der Waals surface area contributed by atoms with Gasteiger partial charge >= 0.3 is 6.18 Å². The molecule has 3 nitrogen and oxygen atoms in total. The first kappa shape index (κ1) is 25.1. The third-order valence-electron chi connectivity index (χ3n) is 8.50. The monoisotopic (exact) mass is 506 g/mol. The van der Waals surface area contributed by atoms with Crippen LogP contribution in [0, 0.1) is 13.8 Å². The number of pyridine rings is 1. The lowest BCUT2D eigenvalue weighted by molar-refractivity contribution is -0.763. The standard InChI is InChI=1S/C31H30F3NO2/c1-18-7-10-26-25(13-18)28-23-9-8-20-14-19(2)27(31(32,33)34)15-24(20)22(23)11-12-35(28)30(5,29(26,3)4)16-21(17-36)37-6/h7-15,17H,16H2,1-6H3/p+1/b21-17-. The van der Waals surface area contributed by atoms with Crippen molar-refractivity contribution in [1.82, 2.24) is 0 Å². The summed E-state index contributed by atoms with van der Waals surface area (Å²) < 4.78 is 49.2. The summed E-state index contributed by atoms with van der Waals surface area (Å²) in [5, 5.41) is 12.8. The summed E-state index contributed by atoms with van der Waals surface area (Å²) in [6.45, 7) is 10.1. The van der Waals surface area contributed by atoms with E-state index in [1.54, 1.807) is 6.07 Å². The zero-order valence-electron chi connectivity index (χ0n) is 21.9. The van der Waals surface area contributed by atoms with Crippen molar-refractivity contribution >= 4 is 21.5 Å². The molecule has 0 amide bonds. The molecule has 1 atom stereocenters. The number of alkyl halides is 3. The van der Waals surface area contributed by atoms with Crippen molar-refractivity contribution in [3.05, 3.63) is 89.0 Å². The molecule has 0 bridgehead atoms. The first-order valence-corrected chi connectivity index (χ1v) is 12.3. The van der Waals surface area contributed by atoms with Crippen LogP contribution in [-0.2, 0) is 21.9 Å². The summed E-state index contributed by atoms with van der Waals surface area (Å²) in [5.74, 6) is 0.452. The Bertz CT molecular complexity index is 1600. The van der Waals surface area contributed by atoms with E-state index in [9.17, 15) is 18.3 Å². The number of fused-ring (bicyclic) bond motifs is 7. The van der Waals surface area contributed by atoms with E-state index in [4.69, 9.17) is 4.74 Å². The quantitative estimate of drug-likeness (QED) is 0.173. The number of hydrogen-bond donors (Lipinski definition) is 1. The van der Waals surface area contributed by atoms with Crippen molar-refractivity contribution < 1.29 is 27.6 Å². The van der Waals surface area contributed by atoms with Gasteiger partial charge in [-0.15, -0.1) is 0 Å². The van der Waals surface area contributed by atoms with E-state index in [1.165, 1.54) is 20.1 Å². The molecule has 0 spiro atoms. The molecule has 0 radical (unpaired) electrons. The highest BCUT2D eigenvalue weighted by molar-refractivity contribution is 6.11. The van der Waals surface area contributed by atoms with Crippen molar-refractivity contribution in [1.29, 1.82) is 0 Å². The molecule has 192 valence electrons. The van der Waals surface area contributed by atoms with Crippen LogP contribution in [0.5, 0.6) is 0 Å². The number of aliphatic hydroxyl groups excluding tert-OH is 1. The van der Waals surface area contributed by atoms with Crippen molar-refractivity contribution in [3.8, 4) is 11.3 Å². The van der Waals surface area contributed by atoms with Crippen LogP contribution in [0.2, 0.25) is 0 Å². The van der Waals surface area contributed by atoms with E-state index >= 15 is 0 Å². The van der Waals surface area contributed by atoms with Crippen molar-refractivity contribution in [2.24, 2.45) is 0 Å². The first-order chi connectivity index (χ1) is 17.3. The number of hydrogen-bond acceptors (Lipinski definition) is 2. The van der Waals surface area contributed by atoms with Crippen LogP contribution < -0.4 is 4.57 Å². The molecule has 5 rings (SSSR count). The summed E-state index contributed by atoms with van der Waals surface area (Å²) in [6, 6.07) is 15.1. The number of aryl methyl sites for hydroxylation is 2. The van der Waals surface area contributed by atoms with Crippen LogP contribution in [0.4, 0.5) is 13.2 Å². The van der Waals surface area contributed by atoms with E-state index in [0.29, 0.717) is 17.6 Å². The third kappa shape index (κ3) is 3.60. The van der Waals surface area contributed by atoms with Gasteiger partial charge in [0.25, 0.3) is 0 Å². The minimum Gasteiger partial charge on any atom is -0.512 e. The average Bonchev–Trinajstić information content (AvgIpc) is 2.84. The fraction of sp³-hybridized carbons (Fsp3) is 0.323. The fourth-order valence-corrected chi connectivity index (χ4v) is 6.05. The molecule has 1 unspecified atom stereocenters. The van der Waals surface area contributed by atoms with E-state index in [1.807, 2.05) is 31.3 Å². The number of halogens is 3. The number of aromatic nitrogens is 1. The molecule has 4 aromatic rings. The molecule has 2 heterocycles. The summed E-state index contributed by atoms with van der Waals surface area (Å²) in [5.41, 5.74) is 2.92. The second-order valence-corrected chi connectivity index (χ2v) is 10.9. The van der Waals surface area contributed by atoms with Crippen molar-refractivity contribution in [3.63, 3.8) is 0 Å². The van der Waals surface area contributed by atoms with Gasteiger partial charge in [0.1, 0.15) is 12.0 Å². The molecule has 0 saturated carbocycles. The number of allylic oxidation sites excluding steroid dienone is 1. The number of rotatable bonds is 3. The van der Waals surface area contributed by atoms with Gasteiger partial charge in [-0.1, -0.05) is 29.8 Å². The molecule has 6 heteroatoms. The second kappa shape index (κ2) is 8.23. The molecule has 1 N–H and O–H groups in total. The van der Waals surface area contributed by atoms with Gasteiger partial charge in [-0.25, -0.2) is 0 Å². The maximum absolute atomic E-state index is 13.8. The van der Waals surface area contributed by atoms with Gasteiger partial charge in [0, 0.05) is 18.4 Å². The SMILES string of the molecule is CO/C(=C\O)CC1(C)[n+]2ccc3c(ccc4cc(C)c(C(F)(F)F)cc43)c2-c2cc(C)ccc2C1(C)C. The molecule has 1 aliphatic heterocycles. The molecule has 1 aromatic heterocycles. The number of ether oxygens (including phenoxy) is 1. The molecule has 0 fully saturated rings. The Morgan fingerprint density at radius 3 is 2.35 bits per heavy atom. The van der Waals surface area contributed by atoms with Gasteiger partial charge in [-0.05, 0) is 67.8 Å². The predicted molar refractivity (Wildman–Crippen MR) is 141 cm³/mol. The lowest BCUT2D eigenvalue weighted by Gasteiger charge is -2.45. The molecule has 0 aliphatic carbocycles. The lowest BCUT2D eigenvalue weighted by atomic mass is 9.62. The zero-order chi connectivity index (χ0) is 26.9. The Balaban J connectivity index is 1.92. The predicted octanol–water partition coefficient (Wildman–Crippen LogP) is 8.03. The van der Waals surface area contributed by atoms with E-state index in [-0.39, 0.29) is 11.0 Å². The summed E-state index contributed by atoms with van der Waals surface area (Å²) >= 11 is 0. The van der Waals surface area contributed by atoms with Crippen LogP contribution in [0.1, 0.15) is 49.4 Å². The highest BCUT2D eigenvalue weighted by Crippen LogP contribution is 2.50. The topological polar surface area (TPSA) is 33.3 Å². The van der Waals surface area contributed by atoms with E-state index < -0.39 is 17.3 Å². The maximum Gasteiger partial charge on any atom is 0.416 e. The largest absolute Gasteiger partial charge is 0.512 e. The lowest BCUT2D eigenvalue weighted by Crippen LogP contribution is -2.67. The number of benzene rings is 3. The molecular formula is C31H31F3NO2+. The van der Waals surface area contributed by atoms with Crippen LogP contribution >= 0.6 is 0 Å². The van der Waals surface area contributed by atoms with Crippen molar-refractivity contribution in [2.75, 3.05) is 7.11 Å². The number of aliphatic hydroxyl groups is 1. The number of nitrogens with zero attached hydrogens (tertiary/aromatic N) is 1. The first-order valence-electron chi connectivity index (χ1n) is 12.3. The van der Waals surface area contributed by atoms with Crippen LogP contribution in [0.15, 0.2) is 66.7 Å².